The van der Waals surface area contributed by atoms with Crippen molar-refractivity contribution in [2.45, 2.75) is 57.9 Å². The van der Waals surface area contributed by atoms with Crippen LogP contribution in [0.2, 0.25) is 0 Å². The van der Waals surface area contributed by atoms with Gasteiger partial charge in [-0.1, -0.05) is 39.0 Å². The van der Waals surface area contributed by atoms with Crippen LogP contribution >= 0.6 is 0 Å². The Labute approximate surface area is 120 Å². The van der Waals surface area contributed by atoms with E-state index in [1.165, 1.54) is 50.3 Å². The number of hydrogen-bond donors (Lipinski definition) is 1. The summed E-state index contributed by atoms with van der Waals surface area (Å²) in [7, 11) is 0. The molecule has 3 heteroatoms. The van der Waals surface area contributed by atoms with Crippen LogP contribution in [0.4, 0.5) is 8.78 Å². The quantitative estimate of drug-likeness (QED) is 0.775. The molecule has 1 saturated carbocycles. The van der Waals surface area contributed by atoms with Gasteiger partial charge in [-0.2, -0.15) is 0 Å². The minimum Gasteiger partial charge on any atom is -0.310 e. The fraction of sp³-hybridized carbons (Fsp3) is 0.647. The van der Waals surface area contributed by atoms with Crippen LogP contribution in [-0.2, 0) is 0 Å². The molecular weight excluding hydrogens is 256 g/mol. The van der Waals surface area contributed by atoms with Crippen LogP contribution in [0.3, 0.4) is 0 Å². The molecule has 0 spiro atoms. The molecule has 1 aromatic carbocycles. The normalized spacial score (nSPS) is 18.1. The Kier molecular flexibility index (Phi) is 5.96. The van der Waals surface area contributed by atoms with Gasteiger partial charge in [-0.15, -0.1) is 0 Å². The summed E-state index contributed by atoms with van der Waals surface area (Å²) >= 11 is 0. The molecule has 1 unspecified atom stereocenters. The third-order valence-corrected chi connectivity index (χ3v) is 4.27. The first kappa shape index (κ1) is 15.4. The third-order valence-electron chi connectivity index (χ3n) is 4.27. The Morgan fingerprint density at radius 2 is 1.95 bits per heavy atom. The topological polar surface area (TPSA) is 12.0 Å². The Bertz CT molecular complexity index is 413. The maximum absolute atomic E-state index is 14.0. The predicted molar refractivity (Wildman–Crippen MR) is 78.6 cm³/mol. The molecule has 1 nitrogen and oxygen atoms in total. The second kappa shape index (κ2) is 7.72. The SMILES string of the molecule is CCCNC(CC1CCCCC1)c1cc(F)ccc1F. The van der Waals surface area contributed by atoms with Crippen LogP contribution in [0.25, 0.3) is 0 Å². The molecule has 2 rings (SSSR count). The third kappa shape index (κ3) is 4.27. The van der Waals surface area contributed by atoms with Crippen LogP contribution in [0.5, 0.6) is 0 Å². The fourth-order valence-corrected chi connectivity index (χ4v) is 3.18. The minimum absolute atomic E-state index is 0.0613. The fourth-order valence-electron chi connectivity index (χ4n) is 3.18. The first-order valence-corrected chi connectivity index (χ1v) is 7.89. The summed E-state index contributed by atoms with van der Waals surface area (Å²) in [6, 6.07) is 3.72. The Morgan fingerprint density at radius 3 is 2.65 bits per heavy atom. The number of benzene rings is 1. The summed E-state index contributed by atoms with van der Waals surface area (Å²) < 4.78 is 27.4. The first-order chi connectivity index (χ1) is 9.70. The Morgan fingerprint density at radius 1 is 1.20 bits per heavy atom. The highest BCUT2D eigenvalue weighted by Gasteiger charge is 2.22. The van der Waals surface area contributed by atoms with E-state index in [2.05, 4.69) is 12.2 Å². The van der Waals surface area contributed by atoms with Crippen molar-refractivity contribution in [1.82, 2.24) is 5.32 Å². The number of hydrogen-bond acceptors (Lipinski definition) is 1. The Hall–Kier alpha value is -0.960. The first-order valence-electron chi connectivity index (χ1n) is 7.89. The molecule has 1 N–H and O–H groups in total. The Balaban J connectivity index is 2.10. The maximum atomic E-state index is 14.0. The molecule has 1 fully saturated rings. The van der Waals surface area contributed by atoms with Gasteiger partial charge in [0.2, 0.25) is 0 Å². The molecule has 0 bridgehead atoms. The molecule has 112 valence electrons. The van der Waals surface area contributed by atoms with Crippen LogP contribution in [0, 0.1) is 17.6 Å². The van der Waals surface area contributed by atoms with Crippen molar-refractivity contribution < 1.29 is 8.78 Å². The molecule has 1 atom stereocenters. The summed E-state index contributed by atoms with van der Waals surface area (Å²) in [6.07, 6.45) is 8.23. The van der Waals surface area contributed by atoms with Crippen LogP contribution in [0.15, 0.2) is 18.2 Å². The van der Waals surface area contributed by atoms with E-state index in [0.29, 0.717) is 11.5 Å². The van der Waals surface area contributed by atoms with Gasteiger partial charge in [-0.3, -0.25) is 0 Å². The average Bonchev–Trinajstić information content (AvgIpc) is 2.47. The molecule has 0 aliphatic heterocycles. The molecule has 1 aliphatic carbocycles. The second-order valence-electron chi connectivity index (χ2n) is 5.91. The van der Waals surface area contributed by atoms with Gasteiger partial charge in [0.1, 0.15) is 11.6 Å². The predicted octanol–water partition coefficient (Wildman–Crippen LogP) is 4.98. The van der Waals surface area contributed by atoms with Crippen molar-refractivity contribution >= 4 is 0 Å². The van der Waals surface area contributed by atoms with E-state index in [1.54, 1.807) is 0 Å². The van der Waals surface area contributed by atoms with E-state index in [9.17, 15) is 8.78 Å². The zero-order chi connectivity index (χ0) is 14.4. The lowest BCUT2D eigenvalue weighted by Gasteiger charge is -2.27. The van der Waals surface area contributed by atoms with E-state index < -0.39 is 0 Å². The maximum Gasteiger partial charge on any atom is 0.128 e. The zero-order valence-electron chi connectivity index (χ0n) is 12.3. The number of rotatable bonds is 6. The molecule has 0 amide bonds. The zero-order valence-corrected chi connectivity index (χ0v) is 12.3. The smallest absolute Gasteiger partial charge is 0.128 e. The highest BCUT2D eigenvalue weighted by Crippen LogP contribution is 2.32. The van der Waals surface area contributed by atoms with Crippen LogP contribution in [0.1, 0.15) is 63.5 Å². The van der Waals surface area contributed by atoms with Gasteiger partial charge in [0, 0.05) is 11.6 Å². The molecule has 0 radical (unpaired) electrons. The summed E-state index contributed by atoms with van der Waals surface area (Å²) in [5, 5.41) is 3.39. The van der Waals surface area contributed by atoms with Gasteiger partial charge in [0.25, 0.3) is 0 Å². The summed E-state index contributed by atoms with van der Waals surface area (Å²) in [5.41, 5.74) is 0.490. The van der Waals surface area contributed by atoms with Crippen molar-refractivity contribution in [2.24, 2.45) is 5.92 Å². The molecular formula is C17H25F2N. The van der Waals surface area contributed by atoms with Gasteiger partial charge >= 0.3 is 0 Å². The van der Waals surface area contributed by atoms with Gasteiger partial charge in [-0.25, -0.2) is 8.78 Å². The van der Waals surface area contributed by atoms with Crippen molar-refractivity contribution in [2.75, 3.05) is 6.54 Å². The highest BCUT2D eigenvalue weighted by atomic mass is 19.1. The lowest BCUT2D eigenvalue weighted by atomic mass is 9.83. The van der Waals surface area contributed by atoms with Crippen molar-refractivity contribution in [3.63, 3.8) is 0 Å². The molecule has 1 aliphatic rings. The second-order valence-corrected chi connectivity index (χ2v) is 5.91. The minimum atomic E-state index is -0.353. The van der Waals surface area contributed by atoms with Gasteiger partial charge < -0.3 is 5.32 Å². The number of halogens is 2. The van der Waals surface area contributed by atoms with Crippen molar-refractivity contribution in [1.29, 1.82) is 0 Å². The van der Waals surface area contributed by atoms with Crippen LogP contribution < -0.4 is 5.32 Å². The van der Waals surface area contributed by atoms with Crippen molar-refractivity contribution in [3.8, 4) is 0 Å². The highest BCUT2D eigenvalue weighted by molar-refractivity contribution is 5.22. The van der Waals surface area contributed by atoms with Gasteiger partial charge in [-0.05, 0) is 43.5 Å². The summed E-state index contributed by atoms with van der Waals surface area (Å²) in [6.45, 7) is 2.93. The standard InChI is InChI=1S/C17H25F2N/c1-2-10-20-17(11-13-6-4-3-5-7-13)15-12-14(18)8-9-16(15)19/h8-9,12-13,17,20H,2-7,10-11H2,1H3. The molecule has 0 saturated heterocycles. The van der Waals surface area contributed by atoms with Crippen LogP contribution in [-0.4, -0.2) is 6.54 Å². The summed E-state index contributed by atoms with van der Waals surface area (Å²) in [5.74, 6) is -0.00933. The van der Waals surface area contributed by atoms with Crippen molar-refractivity contribution in [3.05, 3.63) is 35.4 Å². The van der Waals surface area contributed by atoms with E-state index in [-0.39, 0.29) is 17.7 Å². The van der Waals surface area contributed by atoms with E-state index in [4.69, 9.17) is 0 Å². The monoisotopic (exact) mass is 281 g/mol. The summed E-state index contributed by atoms with van der Waals surface area (Å²) in [4.78, 5) is 0. The van der Waals surface area contributed by atoms with Gasteiger partial charge in [0.05, 0.1) is 0 Å². The average molecular weight is 281 g/mol. The number of nitrogens with one attached hydrogen (secondary N) is 1. The molecule has 1 aromatic rings. The lowest BCUT2D eigenvalue weighted by molar-refractivity contribution is 0.296. The van der Waals surface area contributed by atoms with E-state index in [0.717, 1.165) is 19.4 Å². The largest absolute Gasteiger partial charge is 0.310 e. The molecule has 0 heterocycles. The molecule has 20 heavy (non-hydrogen) atoms. The van der Waals surface area contributed by atoms with E-state index in [1.807, 2.05) is 0 Å². The molecule has 0 aromatic heterocycles. The lowest BCUT2D eigenvalue weighted by Crippen LogP contribution is -2.26. The van der Waals surface area contributed by atoms with E-state index >= 15 is 0 Å². The van der Waals surface area contributed by atoms with Gasteiger partial charge in [0.15, 0.2) is 0 Å².